The van der Waals surface area contributed by atoms with Crippen LogP contribution in [0.15, 0.2) is 48.8 Å². The number of pyridine rings is 1. The molecule has 1 amide bonds. The van der Waals surface area contributed by atoms with Gasteiger partial charge in [-0.2, -0.15) is 0 Å². The third-order valence-electron chi connectivity index (χ3n) is 3.05. The van der Waals surface area contributed by atoms with Gasteiger partial charge in [0.2, 0.25) is 5.91 Å². The number of benzene rings is 1. The molecule has 0 fully saturated rings. The molecule has 0 aliphatic carbocycles. The molecule has 0 atom stereocenters. The maximum Gasteiger partial charge on any atom is 0.335 e. The van der Waals surface area contributed by atoms with Gasteiger partial charge in [0.1, 0.15) is 0 Å². The van der Waals surface area contributed by atoms with Crippen molar-refractivity contribution < 1.29 is 36.2 Å². The van der Waals surface area contributed by atoms with Crippen LogP contribution in [0.25, 0.3) is 0 Å². The van der Waals surface area contributed by atoms with E-state index in [1.807, 2.05) is 36.0 Å². The Balaban J connectivity index is 0.00000242. The molecular weight excluding hydrogens is 348 g/mol. The van der Waals surface area contributed by atoms with E-state index in [1.54, 1.807) is 12.1 Å². The van der Waals surface area contributed by atoms with Crippen molar-refractivity contribution in [1.82, 2.24) is 0 Å². The zero-order chi connectivity index (χ0) is 15.2. The molecule has 0 saturated carbocycles. The van der Waals surface area contributed by atoms with Crippen LogP contribution in [-0.2, 0) is 11.3 Å². The number of halogens is 1. The SMILES string of the molecule is Cc1cc[n+](CCC(=O)Nc2cccc(C(=O)O)c2)cc1.[Br-]. The van der Waals surface area contributed by atoms with Crippen molar-refractivity contribution in [2.45, 2.75) is 19.9 Å². The van der Waals surface area contributed by atoms with Gasteiger partial charge in [-0.3, -0.25) is 4.79 Å². The standard InChI is InChI=1S/C16H16N2O3.BrH/c1-12-5-8-18(9-6-12)10-7-15(19)17-14-4-2-3-13(11-14)16(20)21;/h2-6,8-9,11H,7,10H2,1H3,(H-,17,19,20,21);1H. The molecule has 2 aromatic rings. The topological polar surface area (TPSA) is 70.3 Å². The molecule has 0 aliphatic rings. The molecule has 0 bridgehead atoms. The van der Waals surface area contributed by atoms with Crippen molar-refractivity contribution in [3.8, 4) is 0 Å². The van der Waals surface area contributed by atoms with Crippen molar-refractivity contribution in [2.24, 2.45) is 0 Å². The molecule has 0 aliphatic heterocycles. The lowest BCUT2D eigenvalue weighted by atomic mass is 10.2. The Labute approximate surface area is 139 Å². The lowest BCUT2D eigenvalue weighted by Gasteiger charge is -2.05. The Kier molecular flexibility index (Phi) is 6.72. The van der Waals surface area contributed by atoms with Crippen LogP contribution < -0.4 is 26.9 Å². The monoisotopic (exact) mass is 364 g/mol. The number of nitrogens with one attached hydrogen (secondary N) is 1. The highest BCUT2D eigenvalue weighted by molar-refractivity contribution is 5.93. The molecule has 1 heterocycles. The fraction of sp³-hybridized carbons (Fsp3) is 0.188. The number of carbonyl (C=O) groups excluding carboxylic acids is 1. The number of carbonyl (C=O) groups is 2. The third-order valence-corrected chi connectivity index (χ3v) is 3.05. The maximum absolute atomic E-state index is 11.9. The second-order valence-electron chi connectivity index (χ2n) is 4.80. The van der Waals surface area contributed by atoms with Gasteiger partial charge in [-0.25, -0.2) is 9.36 Å². The average Bonchev–Trinajstić information content (AvgIpc) is 2.47. The second kappa shape index (κ2) is 8.29. The van der Waals surface area contributed by atoms with E-state index in [4.69, 9.17) is 5.11 Å². The summed E-state index contributed by atoms with van der Waals surface area (Å²) in [7, 11) is 0. The van der Waals surface area contributed by atoms with Gasteiger partial charge < -0.3 is 27.4 Å². The van der Waals surface area contributed by atoms with Gasteiger partial charge in [0.25, 0.3) is 0 Å². The molecule has 0 radical (unpaired) electrons. The minimum absolute atomic E-state index is 0. The van der Waals surface area contributed by atoms with E-state index in [0.29, 0.717) is 18.7 Å². The maximum atomic E-state index is 11.9. The molecule has 0 spiro atoms. The number of anilines is 1. The van der Waals surface area contributed by atoms with Crippen molar-refractivity contribution >= 4 is 17.6 Å². The van der Waals surface area contributed by atoms with E-state index in [0.717, 1.165) is 0 Å². The first-order valence-electron chi connectivity index (χ1n) is 6.63. The van der Waals surface area contributed by atoms with Crippen molar-refractivity contribution in [3.63, 3.8) is 0 Å². The van der Waals surface area contributed by atoms with Gasteiger partial charge >= 0.3 is 5.97 Å². The number of carboxylic acids is 1. The van der Waals surface area contributed by atoms with E-state index in [-0.39, 0.29) is 28.5 Å². The highest BCUT2D eigenvalue weighted by Crippen LogP contribution is 2.10. The third kappa shape index (κ3) is 5.29. The molecule has 2 N–H and O–H groups in total. The molecular formula is C16H17BrN2O3. The number of aromatic nitrogens is 1. The molecule has 2 rings (SSSR count). The normalized spacial score (nSPS) is 9.68. The van der Waals surface area contributed by atoms with Crippen molar-refractivity contribution in [1.29, 1.82) is 0 Å². The van der Waals surface area contributed by atoms with Crippen molar-refractivity contribution in [3.05, 3.63) is 59.9 Å². The summed E-state index contributed by atoms with van der Waals surface area (Å²) in [6.45, 7) is 2.58. The zero-order valence-corrected chi connectivity index (χ0v) is 13.7. The van der Waals surface area contributed by atoms with Crippen LogP contribution in [0.4, 0.5) is 5.69 Å². The number of aromatic carboxylic acids is 1. The number of hydrogen-bond acceptors (Lipinski definition) is 2. The molecule has 0 saturated heterocycles. The van der Waals surface area contributed by atoms with Gasteiger partial charge in [-0.15, -0.1) is 0 Å². The lowest BCUT2D eigenvalue weighted by molar-refractivity contribution is -0.695. The Morgan fingerprint density at radius 3 is 2.50 bits per heavy atom. The molecule has 116 valence electrons. The minimum Gasteiger partial charge on any atom is -1.00 e. The Bertz CT molecular complexity index is 657. The number of amides is 1. The first-order chi connectivity index (χ1) is 10.0. The van der Waals surface area contributed by atoms with E-state index < -0.39 is 5.97 Å². The van der Waals surface area contributed by atoms with Crippen LogP contribution in [0.3, 0.4) is 0 Å². The fourth-order valence-corrected chi connectivity index (χ4v) is 1.87. The first-order valence-corrected chi connectivity index (χ1v) is 6.63. The number of nitrogens with zero attached hydrogens (tertiary/aromatic N) is 1. The van der Waals surface area contributed by atoms with Crippen molar-refractivity contribution in [2.75, 3.05) is 5.32 Å². The zero-order valence-electron chi connectivity index (χ0n) is 12.1. The lowest BCUT2D eigenvalue weighted by Crippen LogP contribution is -3.00. The van der Waals surface area contributed by atoms with E-state index >= 15 is 0 Å². The van der Waals surface area contributed by atoms with E-state index in [2.05, 4.69) is 5.32 Å². The van der Waals surface area contributed by atoms with Gasteiger partial charge in [0, 0.05) is 17.8 Å². The Morgan fingerprint density at radius 1 is 1.18 bits per heavy atom. The Hall–Kier alpha value is -2.21. The summed E-state index contributed by atoms with van der Waals surface area (Å²) in [4.78, 5) is 22.7. The van der Waals surface area contributed by atoms with Crippen LogP contribution in [-0.4, -0.2) is 17.0 Å². The Morgan fingerprint density at radius 2 is 1.86 bits per heavy atom. The molecule has 1 aromatic heterocycles. The molecule has 6 heteroatoms. The summed E-state index contributed by atoms with van der Waals surface area (Å²) in [5.41, 5.74) is 1.82. The van der Waals surface area contributed by atoms with Gasteiger partial charge in [-0.05, 0) is 30.7 Å². The largest absolute Gasteiger partial charge is 1.00 e. The second-order valence-corrected chi connectivity index (χ2v) is 4.80. The average molecular weight is 365 g/mol. The van der Waals surface area contributed by atoms with E-state index in [9.17, 15) is 9.59 Å². The smallest absolute Gasteiger partial charge is 0.335 e. The summed E-state index contributed by atoms with van der Waals surface area (Å²) in [5, 5.41) is 11.6. The predicted molar refractivity (Wildman–Crippen MR) is 78.0 cm³/mol. The minimum atomic E-state index is -1.01. The highest BCUT2D eigenvalue weighted by Gasteiger charge is 2.08. The summed E-state index contributed by atoms with van der Waals surface area (Å²) in [6.07, 6.45) is 4.17. The first kappa shape index (κ1) is 17.8. The van der Waals surface area contributed by atoms with Gasteiger partial charge in [-0.1, -0.05) is 6.07 Å². The summed E-state index contributed by atoms with van der Waals surface area (Å²) >= 11 is 0. The number of hydrogen-bond donors (Lipinski definition) is 2. The molecule has 0 unspecified atom stereocenters. The van der Waals surface area contributed by atoms with Crippen LogP contribution in [0.2, 0.25) is 0 Å². The fourth-order valence-electron chi connectivity index (χ4n) is 1.87. The molecule has 22 heavy (non-hydrogen) atoms. The van der Waals surface area contributed by atoms with Crippen LogP contribution in [0.5, 0.6) is 0 Å². The van der Waals surface area contributed by atoms with Crippen LogP contribution in [0.1, 0.15) is 22.3 Å². The summed E-state index contributed by atoms with van der Waals surface area (Å²) < 4.78 is 1.93. The highest BCUT2D eigenvalue weighted by atomic mass is 79.9. The molecule has 1 aromatic carbocycles. The van der Waals surface area contributed by atoms with Crippen LogP contribution in [0, 0.1) is 6.92 Å². The van der Waals surface area contributed by atoms with Crippen LogP contribution >= 0.6 is 0 Å². The quantitative estimate of drug-likeness (QED) is 0.669. The van der Waals surface area contributed by atoms with E-state index in [1.165, 1.54) is 17.7 Å². The summed E-state index contributed by atoms with van der Waals surface area (Å²) in [5.74, 6) is -1.16. The van der Waals surface area contributed by atoms with Gasteiger partial charge in [0.05, 0.1) is 12.0 Å². The number of rotatable bonds is 5. The number of aryl methyl sites for hydroxylation is 2. The van der Waals surface area contributed by atoms with Gasteiger partial charge in [0.15, 0.2) is 18.9 Å². The predicted octanol–water partition coefficient (Wildman–Crippen LogP) is -0.986. The number of carboxylic acid groups (broad SMARTS) is 1. The summed E-state index contributed by atoms with van der Waals surface area (Å²) in [6, 6.07) is 10.2. The molecule has 5 nitrogen and oxygen atoms in total.